The van der Waals surface area contributed by atoms with Crippen molar-refractivity contribution in [3.05, 3.63) is 113 Å². The minimum absolute atomic E-state index is 0.0358. The van der Waals surface area contributed by atoms with Crippen LogP contribution in [0.5, 0.6) is 17.2 Å². The molecule has 0 bridgehead atoms. The summed E-state index contributed by atoms with van der Waals surface area (Å²) in [5.41, 5.74) is 2.01. The molecule has 0 saturated heterocycles. The lowest BCUT2D eigenvalue weighted by molar-refractivity contribution is 0.111. The van der Waals surface area contributed by atoms with E-state index in [2.05, 4.69) is 0 Å². The van der Waals surface area contributed by atoms with Crippen molar-refractivity contribution < 1.29 is 29.7 Å². The van der Waals surface area contributed by atoms with E-state index < -0.39 is 0 Å². The Morgan fingerprint density at radius 1 is 0.525 bits per heavy atom. The van der Waals surface area contributed by atoms with Crippen molar-refractivity contribution in [2.24, 2.45) is 0 Å². The minimum atomic E-state index is 0.0358. The Morgan fingerprint density at radius 2 is 1.02 bits per heavy atom. The highest BCUT2D eigenvalue weighted by Gasteiger charge is 2.04. The van der Waals surface area contributed by atoms with Crippen LogP contribution in [0.1, 0.15) is 64.3 Å². The van der Waals surface area contributed by atoms with Crippen LogP contribution in [0.4, 0.5) is 0 Å². The fourth-order valence-electron chi connectivity index (χ4n) is 3.54. The summed E-state index contributed by atoms with van der Waals surface area (Å²) in [6, 6.07) is 26.5. The monoisotopic (exact) mass is 540 g/mol. The highest BCUT2D eigenvalue weighted by Crippen LogP contribution is 2.27. The zero-order valence-electron chi connectivity index (χ0n) is 23.5. The van der Waals surface area contributed by atoms with Crippen LogP contribution in [-0.2, 0) is 0 Å². The molecule has 0 unspecified atom stereocenters. The first-order valence-electron chi connectivity index (χ1n) is 13.0. The lowest BCUT2D eigenvalue weighted by atomic mass is 10.0. The molecule has 208 valence electrons. The van der Waals surface area contributed by atoms with E-state index >= 15 is 0 Å². The summed E-state index contributed by atoms with van der Waals surface area (Å²) >= 11 is 0. The Bertz CT molecular complexity index is 1540. The second-order valence-electron chi connectivity index (χ2n) is 7.86. The van der Waals surface area contributed by atoms with Gasteiger partial charge in [-0.1, -0.05) is 100.0 Å². The maximum absolute atomic E-state index is 10.7. The highest BCUT2D eigenvalue weighted by atomic mass is 16.3. The van der Waals surface area contributed by atoms with Gasteiger partial charge in [-0.25, -0.2) is 0 Å². The Hall–Kier alpha value is -4.97. The van der Waals surface area contributed by atoms with Crippen molar-refractivity contribution >= 4 is 40.4 Å². The van der Waals surface area contributed by atoms with Crippen molar-refractivity contribution in [2.45, 2.75) is 34.6 Å². The van der Waals surface area contributed by atoms with Gasteiger partial charge in [0.2, 0.25) is 0 Å². The average molecular weight is 541 g/mol. The quantitative estimate of drug-likeness (QED) is 0.199. The largest absolute Gasteiger partial charge is 0.507 e. The number of aldehydes is 3. The zero-order valence-corrected chi connectivity index (χ0v) is 23.5. The number of aryl methyl sites for hydroxylation is 1. The van der Waals surface area contributed by atoms with Crippen LogP contribution in [0.3, 0.4) is 0 Å². The molecule has 0 heterocycles. The highest BCUT2D eigenvalue weighted by molar-refractivity contribution is 6.00. The molecule has 5 aromatic carbocycles. The van der Waals surface area contributed by atoms with Crippen LogP contribution in [0.2, 0.25) is 0 Å². The summed E-state index contributed by atoms with van der Waals surface area (Å²) in [7, 11) is 0. The molecule has 3 N–H and O–H groups in total. The van der Waals surface area contributed by atoms with Gasteiger partial charge in [-0.3, -0.25) is 14.4 Å². The van der Waals surface area contributed by atoms with Gasteiger partial charge in [-0.2, -0.15) is 0 Å². The molecule has 0 amide bonds. The normalized spacial score (nSPS) is 9.22. The van der Waals surface area contributed by atoms with Gasteiger partial charge in [0.1, 0.15) is 17.2 Å². The predicted octanol–water partition coefficient (Wildman–Crippen LogP) is 8.28. The van der Waals surface area contributed by atoms with E-state index in [4.69, 9.17) is 5.11 Å². The van der Waals surface area contributed by atoms with E-state index in [1.54, 1.807) is 30.3 Å². The van der Waals surface area contributed by atoms with Gasteiger partial charge >= 0.3 is 0 Å². The molecule has 0 aliphatic rings. The van der Waals surface area contributed by atoms with Crippen molar-refractivity contribution in [1.82, 2.24) is 0 Å². The van der Waals surface area contributed by atoms with E-state index in [1.165, 1.54) is 12.1 Å². The van der Waals surface area contributed by atoms with Crippen LogP contribution >= 0.6 is 0 Å². The van der Waals surface area contributed by atoms with E-state index in [0.717, 1.165) is 21.7 Å². The molecular formula is C34H36O6. The molecule has 6 nitrogen and oxygen atoms in total. The number of hydrogen-bond acceptors (Lipinski definition) is 6. The standard InChI is InChI=1S/2C11H8O2.C8H8O2.2C2H6/c12-7-9-6-5-8-3-1-2-4-10(8)11(9)13;12-7-10-9-4-2-1-3-8(9)5-6-11(10)13;1-6-2-3-8(10)7(4-6)5-9;2*1-2/h2*1-7,13H;2-5,10H,1H3;2*1-2H3. The van der Waals surface area contributed by atoms with Crippen LogP contribution in [0.15, 0.2) is 91.0 Å². The number of aromatic hydroxyl groups is 3. The number of rotatable bonds is 3. The molecule has 0 aliphatic heterocycles. The summed E-state index contributed by atoms with van der Waals surface area (Å²) in [6.45, 7) is 9.87. The third-order valence-corrected chi connectivity index (χ3v) is 5.43. The first-order valence-corrected chi connectivity index (χ1v) is 13.0. The van der Waals surface area contributed by atoms with Crippen molar-refractivity contribution in [3.63, 3.8) is 0 Å². The summed E-state index contributed by atoms with van der Waals surface area (Å²) in [5.74, 6) is 0.141. The van der Waals surface area contributed by atoms with Crippen LogP contribution in [0, 0.1) is 6.92 Å². The number of hydrogen-bond donors (Lipinski definition) is 3. The Morgan fingerprint density at radius 3 is 1.57 bits per heavy atom. The van der Waals surface area contributed by atoms with Crippen molar-refractivity contribution in [2.75, 3.05) is 0 Å². The SMILES string of the molecule is CC.CC.Cc1ccc(O)c(C=O)c1.O=Cc1c(O)ccc2ccccc12.O=Cc1ccc2ccccc2c1O. The maximum atomic E-state index is 10.7. The Kier molecular flexibility index (Phi) is 14.5. The Balaban J connectivity index is 0.000000285. The van der Waals surface area contributed by atoms with Gasteiger partial charge in [0, 0.05) is 5.39 Å². The summed E-state index contributed by atoms with van der Waals surface area (Å²) in [6.07, 6.45) is 1.97. The summed E-state index contributed by atoms with van der Waals surface area (Å²) in [4.78, 5) is 31.4. The molecular weight excluding hydrogens is 504 g/mol. The maximum Gasteiger partial charge on any atom is 0.154 e. The molecule has 0 aliphatic carbocycles. The molecule has 0 aromatic heterocycles. The van der Waals surface area contributed by atoms with Gasteiger partial charge in [0.25, 0.3) is 0 Å². The van der Waals surface area contributed by atoms with Crippen molar-refractivity contribution in [1.29, 1.82) is 0 Å². The number of fused-ring (bicyclic) bond motifs is 2. The molecule has 0 atom stereocenters. The van der Waals surface area contributed by atoms with E-state index in [9.17, 15) is 24.6 Å². The lowest BCUT2D eigenvalue weighted by Gasteiger charge is -2.01. The number of phenolic OH excluding ortho intramolecular Hbond substituents is 3. The lowest BCUT2D eigenvalue weighted by Crippen LogP contribution is -1.83. The number of phenols is 3. The molecule has 5 rings (SSSR count). The molecule has 0 saturated carbocycles. The number of carbonyl (C=O) groups is 3. The summed E-state index contributed by atoms with van der Waals surface area (Å²) < 4.78 is 0. The zero-order chi connectivity index (χ0) is 30.1. The van der Waals surface area contributed by atoms with E-state index in [-0.39, 0.29) is 17.2 Å². The molecule has 0 spiro atoms. The second kappa shape index (κ2) is 17.5. The van der Waals surface area contributed by atoms with Gasteiger partial charge < -0.3 is 15.3 Å². The van der Waals surface area contributed by atoms with Crippen LogP contribution in [0.25, 0.3) is 21.5 Å². The molecule has 6 heteroatoms. The second-order valence-corrected chi connectivity index (χ2v) is 7.86. The van der Waals surface area contributed by atoms with Gasteiger partial charge in [0.15, 0.2) is 18.9 Å². The van der Waals surface area contributed by atoms with Crippen LogP contribution < -0.4 is 0 Å². The Labute approximate surface area is 235 Å². The summed E-state index contributed by atoms with van der Waals surface area (Å²) in [5, 5.41) is 31.4. The molecule has 0 fully saturated rings. The van der Waals surface area contributed by atoms with Gasteiger partial charge in [0.05, 0.1) is 16.7 Å². The van der Waals surface area contributed by atoms with Crippen molar-refractivity contribution in [3.8, 4) is 17.2 Å². The van der Waals surface area contributed by atoms with Gasteiger partial charge in [-0.15, -0.1) is 0 Å². The number of carbonyl (C=O) groups excluding carboxylic acids is 3. The smallest absolute Gasteiger partial charge is 0.154 e. The fraction of sp³-hybridized carbons (Fsp3) is 0.147. The molecule has 5 aromatic rings. The average Bonchev–Trinajstić information content (AvgIpc) is 3.01. The third kappa shape index (κ3) is 8.81. The van der Waals surface area contributed by atoms with E-state index in [1.807, 2.05) is 83.1 Å². The van der Waals surface area contributed by atoms with Gasteiger partial charge in [-0.05, 0) is 47.3 Å². The first-order chi connectivity index (χ1) is 19.4. The third-order valence-electron chi connectivity index (χ3n) is 5.43. The fourth-order valence-corrected chi connectivity index (χ4v) is 3.54. The van der Waals surface area contributed by atoms with Crippen LogP contribution in [-0.4, -0.2) is 34.2 Å². The van der Waals surface area contributed by atoms with E-state index in [0.29, 0.717) is 40.9 Å². The predicted molar refractivity (Wildman–Crippen MR) is 163 cm³/mol. The first kappa shape index (κ1) is 33.1. The topological polar surface area (TPSA) is 112 Å². The minimum Gasteiger partial charge on any atom is -0.507 e. The molecule has 0 radical (unpaired) electrons. The number of benzene rings is 5. The molecule has 40 heavy (non-hydrogen) atoms.